The number of unbranched alkanes of at least 4 members (excludes halogenated alkanes) is 1. The van der Waals surface area contributed by atoms with Crippen molar-refractivity contribution in [3.05, 3.63) is 49.1 Å². The van der Waals surface area contributed by atoms with Gasteiger partial charge in [-0.1, -0.05) is 49.8 Å². The van der Waals surface area contributed by atoms with E-state index in [2.05, 4.69) is 25.7 Å². The minimum Gasteiger partial charge on any atom is -0.481 e. The monoisotopic (exact) mass is 330 g/mol. The van der Waals surface area contributed by atoms with Crippen molar-refractivity contribution in [2.45, 2.75) is 51.9 Å². The molecular formula is C21H30O3. The second-order valence-electron chi connectivity index (χ2n) is 6.39. The molecule has 1 rings (SSSR count). The summed E-state index contributed by atoms with van der Waals surface area (Å²) in [7, 11) is 0. The maximum absolute atomic E-state index is 12.0. The van der Waals surface area contributed by atoms with Gasteiger partial charge < -0.3 is 5.11 Å². The number of rotatable bonds is 12. The Labute approximate surface area is 145 Å². The molecule has 1 N–H and O–H groups in total. The predicted octanol–water partition coefficient (Wildman–Crippen LogP) is 5.11. The Morgan fingerprint density at radius 1 is 1.38 bits per heavy atom. The van der Waals surface area contributed by atoms with E-state index in [1.807, 2.05) is 24.3 Å². The molecule has 1 unspecified atom stereocenters. The lowest BCUT2D eigenvalue weighted by atomic mass is 9.90. The summed E-state index contributed by atoms with van der Waals surface area (Å²) in [6.07, 6.45) is 19.6. The van der Waals surface area contributed by atoms with Crippen LogP contribution in [0.4, 0.5) is 0 Å². The predicted molar refractivity (Wildman–Crippen MR) is 98.7 cm³/mol. The lowest BCUT2D eigenvalue weighted by Gasteiger charge is -2.13. The summed E-state index contributed by atoms with van der Waals surface area (Å²) in [5.41, 5.74) is 0. The highest BCUT2D eigenvalue weighted by Gasteiger charge is 2.26. The summed E-state index contributed by atoms with van der Waals surface area (Å²) in [6.45, 7) is 6.06. The zero-order valence-electron chi connectivity index (χ0n) is 14.7. The van der Waals surface area contributed by atoms with E-state index in [1.54, 1.807) is 6.08 Å². The van der Waals surface area contributed by atoms with Gasteiger partial charge in [0.25, 0.3) is 0 Å². The van der Waals surface area contributed by atoms with Gasteiger partial charge in [0.1, 0.15) is 0 Å². The molecule has 0 bridgehead atoms. The molecule has 1 aliphatic rings. The van der Waals surface area contributed by atoms with Crippen LogP contribution in [0, 0.1) is 17.8 Å². The molecule has 0 heterocycles. The van der Waals surface area contributed by atoms with Crippen molar-refractivity contribution in [1.82, 2.24) is 0 Å². The second-order valence-corrected chi connectivity index (χ2v) is 6.39. The Morgan fingerprint density at radius 3 is 2.83 bits per heavy atom. The maximum Gasteiger partial charge on any atom is 0.303 e. The highest BCUT2D eigenvalue weighted by atomic mass is 16.4. The zero-order chi connectivity index (χ0) is 17.8. The van der Waals surface area contributed by atoms with Crippen LogP contribution in [0.1, 0.15) is 51.9 Å². The third-order valence-corrected chi connectivity index (χ3v) is 4.42. The fourth-order valence-corrected chi connectivity index (χ4v) is 2.97. The van der Waals surface area contributed by atoms with Crippen LogP contribution in [0.3, 0.4) is 0 Å². The average Bonchev–Trinajstić information content (AvgIpc) is 2.90. The minimum absolute atomic E-state index is 0.00895. The molecule has 0 aromatic carbocycles. The molecule has 0 saturated carbocycles. The summed E-state index contributed by atoms with van der Waals surface area (Å²) in [5.74, 6) is 0.108. The van der Waals surface area contributed by atoms with Crippen LogP contribution in [0.5, 0.6) is 0 Å². The van der Waals surface area contributed by atoms with Crippen molar-refractivity contribution in [1.29, 1.82) is 0 Å². The van der Waals surface area contributed by atoms with Gasteiger partial charge >= 0.3 is 5.97 Å². The average molecular weight is 330 g/mol. The van der Waals surface area contributed by atoms with Crippen molar-refractivity contribution < 1.29 is 14.7 Å². The Balaban J connectivity index is 2.42. The Kier molecular flexibility index (Phi) is 9.74. The van der Waals surface area contributed by atoms with Crippen molar-refractivity contribution in [3.8, 4) is 0 Å². The largest absolute Gasteiger partial charge is 0.481 e. The molecule has 0 aromatic rings. The summed E-state index contributed by atoms with van der Waals surface area (Å²) in [6, 6.07) is 0. The number of ketones is 1. The molecule has 0 fully saturated rings. The quantitative estimate of drug-likeness (QED) is 0.400. The fourth-order valence-electron chi connectivity index (χ4n) is 2.97. The SMILES string of the molecule is C=CC(CC=C[C@H]1C=CC(=O)[C@@H]1CC=CCCCC(=O)O)CCC. The molecule has 0 spiro atoms. The van der Waals surface area contributed by atoms with Gasteiger partial charge in [-0.15, -0.1) is 6.58 Å². The molecule has 0 amide bonds. The number of hydrogen-bond acceptors (Lipinski definition) is 2. The number of carbonyl (C=O) groups is 2. The Hall–Kier alpha value is -1.90. The molecule has 3 nitrogen and oxygen atoms in total. The molecule has 3 atom stereocenters. The van der Waals surface area contributed by atoms with Crippen LogP contribution in [0.15, 0.2) is 49.1 Å². The first-order chi connectivity index (χ1) is 11.6. The normalized spacial score (nSPS) is 21.8. The van der Waals surface area contributed by atoms with E-state index in [4.69, 9.17) is 5.11 Å². The molecule has 1 aliphatic carbocycles. The topological polar surface area (TPSA) is 54.4 Å². The first-order valence-electron chi connectivity index (χ1n) is 8.96. The standard InChI is InChI=1S/C21H30O3/c1-3-10-17(4-2)11-9-12-18-15-16-20(22)19(18)13-7-5-6-8-14-21(23)24/h4-5,7,9,12,15-19H,2-3,6,8,10-11,13-14H2,1H3,(H,23,24)/t17?,18-,19+/m0/s1. The summed E-state index contributed by atoms with van der Waals surface area (Å²) >= 11 is 0. The number of carboxylic acids is 1. The van der Waals surface area contributed by atoms with Gasteiger partial charge in [-0.3, -0.25) is 9.59 Å². The van der Waals surface area contributed by atoms with Gasteiger partial charge in [-0.2, -0.15) is 0 Å². The molecule has 0 aliphatic heterocycles. The molecule has 0 radical (unpaired) electrons. The first kappa shape index (κ1) is 20.1. The van der Waals surface area contributed by atoms with Gasteiger partial charge in [0.15, 0.2) is 5.78 Å². The van der Waals surface area contributed by atoms with Gasteiger partial charge in [0, 0.05) is 18.3 Å². The van der Waals surface area contributed by atoms with E-state index in [0.717, 1.165) is 25.7 Å². The van der Waals surface area contributed by atoms with Crippen LogP contribution >= 0.6 is 0 Å². The van der Waals surface area contributed by atoms with Crippen molar-refractivity contribution in [3.63, 3.8) is 0 Å². The number of aliphatic carboxylic acids is 1. The third-order valence-electron chi connectivity index (χ3n) is 4.42. The van der Waals surface area contributed by atoms with E-state index in [1.165, 1.54) is 0 Å². The molecule has 3 heteroatoms. The minimum atomic E-state index is -0.760. The van der Waals surface area contributed by atoms with Crippen LogP contribution in [-0.2, 0) is 9.59 Å². The second kappa shape index (κ2) is 11.6. The van der Waals surface area contributed by atoms with Crippen LogP contribution < -0.4 is 0 Å². The molecular weight excluding hydrogens is 300 g/mol. The van der Waals surface area contributed by atoms with Gasteiger partial charge in [-0.25, -0.2) is 0 Å². The van der Waals surface area contributed by atoms with Crippen molar-refractivity contribution in [2.24, 2.45) is 17.8 Å². The molecule has 0 saturated heterocycles. The van der Waals surface area contributed by atoms with Crippen LogP contribution in [-0.4, -0.2) is 16.9 Å². The van der Waals surface area contributed by atoms with E-state index in [0.29, 0.717) is 18.8 Å². The zero-order valence-corrected chi connectivity index (χ0v) is 14.7. The summed E-state index contributed by atoms with van der Waals surface area (Å²) in [5, 5.41) is 8.59. The highest BCUT2D eigenvalue weighted by molar-refractivity contribution is 5.95. The van der Waals surface area contributed by atoms with Gasteiger partial charge in [0.05, 0.1) is 0 Å². The first-order valence-corrected chi connectivity index (χ1v) is 8.96. The highest BCUT2D eigenvalue weighted by Crippen LogP contribution is 2.28. The lowest BCUT2D eigenvalue weighted by Crippen LogP contribution is -2.13. The molecule has 0 aromatic heterocycles. The summed E-state index contributed by atoms with van der Waals surface area (Å²) < 4.78 is 0. The van der Waals surface area contributed by atoms with Crippen LogP contribution in [0.2, 0.25) is 0 Å². The van der Waals surface area contributed by atoms with E-state index in [9.17, 15) is 9.59 Å². The van der Waals surface area contributed by atoms with E-state index in [-0.39, 0.29) is 24.0 Å². The number of hydrogen-bond donors (Lipinski definition) is 1. The lowest BCUT2D eigenvalue weighted by molar-refractivity contribution is -0.137. The Bertz CT molecular complexity index is 499. The smallest absolute Gasteiger partial charge is 0.303 e. The van der Waals surface area contributed by atoms with Crippen molar-refractivity contribution >= 4 is 11.8 Å². The van der Waals surface area contributed by atoms with Crippen molar-refractivity contribution in [2.75, 3.05) is 0 Å². The number of allylic oxidation sites excluding steroid dienone is 7. The molecule has 24 heavy (non-hydrogen) atoms. The third kappa shape index (κ3) is 7.58. The van der Waals surface area contributed by atoms with E-state index >= 15 is 0 Å². The fraction of sp³-hybridized carbons (Fsp3) is 0.524. The van der Waals surface area contributed by atoms with Gasteiger partial charge in [-0.05, 0) is 44.1 Å². The van der Waals surface area contributed by atoms with Gasteiger partial charge in [0.2, 0.25) is 0 Å². The Morgan fingerprint density at radius 2 is 2.17 bits per heavy atom. The summed E-state index contributed by atoms with van der Waals surface area (Å²) in [4.78, 5) is 22.4. The number of carbonyl (C=O) groups excluding carboxylic acids is 1. The van der Waals surface area contributed by atoms with E-state index < -0.39 is 5.97 Å². The van der Waals surface area contributed by atoms with Crippen LogP contribution in [0.25, 0.3) is 0 Å². The maximum atomic E-state index is 12.0. The number of carboxylic acid groups (broad SMARTS) is 1. The molecule has 132 valence electrons.